The number of hydrogen-bond acceptors (Lipinski definition) is 6. The molecule has 3 aromatic heterocycles. The normalized spacial score (nSPS) is 11.6. The third kappa shape index (κ3) is 2.45. The molecule has 0 saturated carbocycles. The van der Waals surface area contributed by atoms with E-state index < -0.39 is 0 Å². The van der Waals surface area contributed by atoms with Crippen LogP contribution in [0.1, 0.15) is 8.29 Å². The van der Waals surface area contributed by atoms with Crippen LogP contribution < -0.4 is 4.18 Å². The highest BCUT2D eigenvalue weighted by Gasteiger charge is 2.18. The Kier molecular flexibility index (Phi) is 3.44. The largest absolute Gasteiger partial charge is 0.378 e. The van der Waals surface area contributed by atoms with Gasteiger partial charge in [-0.25, -0.2) is 15.0 Å². The maximum atomic E-state index is 7.45. The smallest absolute Gasteiger partial charge is 0.247 e. The van der Waals surface area contributed by atoms with Crippen LogP contribution in [0.5, 0.6) is 5.88 Å². The molecule has 102 valence electrons. The quantitative estimate of drug-likeness (QED) is 0.532. The minimum Gasteiger partial charge on any atom is -0.378 e. The molecule has 0 unspecified atom stereocenters. The second kappa shape index (κ2) is 5.89. The van der Waals surface area contributed by atoms with Crippen molar-refractivity contribution >= 4 is 18.0 Å². The van der Waals surface area contributed by atoms with Gasteiger partial charge in [-0.1, -0.05) is 6.07 Å². The van der Waals surface area contributed by atoms with Crippen molar-refractivity contribution in [3.05, 3.63) is 42.8 Å². The van der Waals surface area contributed by atoms with E-state index in [0.717, 1.165) is 18.0 Å². The first-order valence-electron chi connectivity index (χ1n) is 6.52. The van der Waals surface area contributed by atoms with E-state index in [9.17, 15) is 0 Å². The molecule has 6 nitrogen and oxygen atoms in total. The average molecular weight is 290 g/mol. The number of nitrogens with zero attached hydrogens (tertiary/aromatic N) is 4. The summed E-state index contributed by atoms with van der Waals surface area (Å²) in [5, 5.41) is 0. The van der Waals surface area contributed by atoms with Crippen LogP contribution in [0.3, 0.4) is 0 Å². The fourth-order valence-corrected chi connectivity index (χ4v) is 2.06. The van der Waals surface area contributed by atoms with Crippen molar-refractivity contribution in [2.24, 2.45) is 0 Å². The third-order valence-electron chi connectivity index (χ3n) is 2.50. The summed E-state index contributed by atoms with van der Waals surface area (Å²) in [5.41, 5.74) is 1.23. The summed E-state index contributed by atoms with van der Waals surface area (Å²) in [6.07, 6.45) is 4.68. The Labute approximate surface area is 121 Å². The Morgan fingerprint density at radius 3 is 3.00 bits per heavy atom. The second-order valence-electron chi connectivity index (χ2n) is 3.76. The molecular formula is C13H12N4O2S. The van der Waals surface area contributed by atoms with Crippen molar-refractivity contribution in [2.45, 2.75) is 6.92 Å². The van der Waals surface area contributed by atoms with Gasteiger partial charge in [0, 0.05) is 18.6 Å². The predicted molar refractivity (Wildman–Crippen MR) is 76.1 cm³/mol. The topological polar surface area (TPSA) is 61.5 Å². The van der Waals surface area contributed by atoms with E-state index in [1.165, 1.54) is 12.4 Å². The molecule has 0 aromatic carbocycles. The predicted octanol–water partition coefficient (Wildman–Crippen LogP) is 2.77. The molecule has 0 saturated heterocycles. The highest BCUT2D eigenvalue weighted by atomic mass is 32.2. The number of imidazole rings is 1. The van der Waals surface area contributed by atoms with Crippen LogP contribution in [0.25, 0.3) is 17.2 Å². The van der Waals surface area contributed by atoms with Gasteiger partial charge in [-0.15, -0.1) is 0 Å². The van der Waals surface area contributed by atoms with Crippen molar-refractivity contribution in [3.8, 4) is 17.4 Å². The summed E-state index contributed by atoms with van der Waals surface area (Å²) in [6, 6.07) is 5.87. The zero-order valence-corrected chi connectivity index (χ0v) is 11.5. The molecule has 0 amide bonds. The summed E-state index contributed by atoms with van der Waals surface area (Å²) in [5.74, 6) is 0.892. The number of aromatic nitrogens is 4. The Morgan fingerprint density at radius 1 is 1.35 bits per heavy atom. The van der Waals surface area contributed by atoms with Gasteiger partial charge < -0.3 is 4.18 Å². The van der Waals surface area contributed by atoms with E-state index in [4.69, 9.17) is 9.74 Å². The lowest BCUT2D eigenvalue weighted by Gasteiger charge is -2.04. The Hall–Kier alpha value is -2.12. The van der Waals surface area contributed by atoms with Gasteiger partial charge >= 0.3 is 0 Å². The van der Waals surface area contributed by atoms with Crippen LogP contribution >= 0.6 is 12.3 Å². The maximum absolute atomic E-state index is 7.45. The van der Waals surface area contributed by atoms with E-state index in [0.29, 0.717) is 24.0 Å². The Morgan fingerprint density at radius 2 is 2.20 bits per heavy atom. The number of hydrogen-bond donors (Lipinski definition) is 0. The van der Waals surface area contributed by atoms with Crippen LogP contribution in [-0.2, 0) is 4.18 Å². The summed E-state index contributed by atoms with van der Waals surface area (Å²) >= 11 is 0.884. The molecule has 0 bridgehead atoms. The molecule has 3 rings (SSSR count). The summed E-state index contributed by atoms with van der Waals surface area (Å²) < 4.78 is 20.0. The van der Waals surface area contributed by atoms with Crippen molar-refractivity contribution in [1.82, 2.24) is 19.4 Å². The van der Waals surface area contributed by atoms with Crippen LogP contribution in [-0.4, -0.2) is 26.0 Å². The van der Waals surface area contributed by atoms with E-state index in [1.807, 2.05) is 31.3 Å². The van der Waals surface area contributed by atoms with Crippen LogP contribution in [0.2, 0.25) is 0 Å². The van der Waals surface area contributed by atoms with E-state index in [-0.39, 0.29) is 6.04 Å². The lowest BCUT2D eigenvalue weighted by Crippen LogP contribution is -1.93. The summed E-state index contributed by atoms with van der Waals surface area (Å²) in [6.45, 7) is 2.41. The first-order valence-corrected chi connectivity index (χ1v) is 6.68. The molecule has 0 aliphatic carbocycles. The van der Waals surface area contributed by atoms with Gasteiger partial charge in [-0.2, -0.15) is 0 Å². The third-order valence-corrected chi connectivity index (χ3v) is 3.06. The molecule has 0 fully saturated rings. The van der Waals surface area contributed by atoms with E-state index in [2.05, 4.69) is 15.0 Å². The molecule has 7 heteroatoms. The Balaban J connectivity index is 2.07. The lowest BCUT2D eigenvalue weighted by atomic mass is 10.4. The van der Waals surface area contributed by atoms with Crippen LogP contribution in [0.15, 0.2) is 42.8 Å². The molecule has 0 spiro atoms. The molecular weight excluding hydrogens is 276 g/mol. The van der Waals surface area contributed by atoms with Gasteiger partial charge in [0.1, 0.15) is 5.65 Å². The van der Waals surface area contributed by atoms with E-state index in [1.54, 1.807) is 4.40 Å². The monoisotopic (exact) mass is 290 g/mol. The van der Waals surface area contributed by atoms with Gasteiger partial charge in [0.2, 0.25) is 18.2 Å². The fourth-order valence-electron chi connectivity index (χ4n) is 1.69. The molecule has 0 atom stereocenters. The van der Waals surface area contributed by atoms with Crippen molar-refractivity contribution < 1.29 is 9.74 Å². The van der Waals surface area contributed by atoms with Crippen molar-refractivity contribution in [3.63, 3.8) is 0 Å². The fraction of sp³-hybridized carbons (Fsp3) is 0.154. The SMILES string of the molecule is [3H]c1cnc(-c2nc3ccccn3c2OSOCC)nc1. The first-order chi connectivity index (χ1) is 10.3. The van der Waals surface area contributed by atoms with Crippen LogP contribution in [0, 0.1) is 0 Å². The molecule has 3 aromatic rings. The standard InChI is InChI=1S/C13H12N4O2S/c1-2-18-20-19-13-11(12-14-7-5-8-15-12)16-10-6-3-4-9-17(10)13/h3-9H,2H2,1H3/i5T. The van der Waals surface area contributed by atoms with Crippen molar-refractivity contribution in [1.29, 1.82) is 0 Å². The number of pyridine rings is 1. The summed E-state index contributed by atoms with van der Waals surface area (Å²) in [7, 11) is 0. The molecule has 0 aliphatic heterocycles. The van der Waals surface area contributed by atoms with Crippen molar-refractivity contribution in [2.75, 3.05) is 6.61 Å². The zero-order valence-electron chi connectivity index (χ0n) is 11.7. The second-order valence-corrected chi connectivity index (χ2v) is 4.30. The van der Waals surface area contributed by atoms with Gasteiger partial charge in [-0.05, 0) is 25.1 Å². The number of fused-ring (bicyclic) bond motifs is 1. The molecule has 3 heterocycles. The summed E-state index contributed by atoms with van der Waals surface area (Å²) in [4.78, 5) is 12.7. The van der Waals surface area contributed by atoms with Gasteiger partial charge in [0.25, 0.3) is 0 Å². The van der Waals surface area contributed by atoms with Gasteiger partial charge in [0.05, 0.1) is 7.98 Å². The zero-order chi connectivity index (χ0) is 14.7. The molecule has 0 aliphatic rings. The van der Waals surface area contributed by atoms with E-state index >= 15 is 0 Å². The molecule has 0 N–H and O–H groups in total. The highest BCUT2D eigenvalue weighted by Crippen LogP contribution is 2.30. The molecule has 0 radical (unpaired) electrons. The highest BCUT2D eigenvalue weighted by molar-refractivity contribution is 7.90. The minimum atomic E-state index is 0.244. The maximum Gasteiger partial charge on any atom is 0.247 e. The molecule has 20 heavy (non-hydrogen) atoms. The van der Waals surface area contributed by atoms with Crippen LogP contribution in [0.4, 0.5) is 0 Å². The van der Waals surface area contributed by atoms with Gasteiger partial charge in [0.15, 0.2) is 11.5 Å². The Bertz CT molecular complexity index is 748. The average Bonchev–Trinajstić information content (AvgIpc) is 2.87. The minimum absolute atomic E-state index is 0.244. The number of rotatable bonds is 5. The first kappa shape index (κ1) is 11.7. The van der Waals surface area contributed by atoms with Gasteiger partial charge in [-0.3, -0.25) is 8.58 Å². The lowest BCUT2D eigenvalue weighted by molar-refractivity contribution is 0.367.